The summed E-state index contributed by atoms with van der Waals surface area (Å²) in [4.78, 5) is 2.27. The number of aliphatic hydroxyl groups is 1. The summed E-state index contributed by atoms with van der Waals surface area (Å²) in [6.45, 7) is 9.95. The fourth-order valence-electron chi connectivity index (χ4n) is 2.41. The van der Waals surface area contributed by atoms with E-state index in [1.165, 1.54) is 0 Å². The highest BCUT2D eigenvalue weighted by molar-refractivity contribution is 9.09. The Kier molecular flexibility index (Phi) is 6.10. The smallest absolute Gasteiger partial charge is 0.0817 e. The van der Waals surface area contributed by atoms with E-state index >= 15 is 0 Å². The van der Waals surface area contributed by atoms with Gasteiger partial charge < -0.3 is 14.7 Å². The van der Waals surface area contributed by atoms with E-state index in [1.54, 1.807) is 0 Å². The average molecular weight is 322 g/mol. The van der Waals surface area contributed by atoms with Gasteiger partial charge in [-0.3, -0.25) is 0 Å². The first kappa shape index (κ1) is 16.4. The maximum absolute atomic E-state index is 10.5. The number of halogens is 1. The highest BCUT2D eigenvalue weighted by atomic mass is 79.9. The molecule has 1 aliphatic rings. The maximum atomic E-state index is 10.5. The van der Waals surface area contributed by atoms with E-state index in [0.717, 1.165) is 31.3 Å². The van der Waals surface area contributed by atoms with Crippen LogP contribution in [-0.2, 0) is 4.74 Å². The standard InChI is InChI=1S/C14H28BrNO2/c1-13(2,3)12(9-15)10-16(4)11-14(17)5-7-18-8-6-14/h12,17H,5-11H2,1-4H3. The predicted octanol–water partition coefficient (Wildman–Crippen LogP) is 2.52. The Labute approximate surface area is 120 Å². The van der Waals surface area contributed by atoms with Crippen molar-refractivity contribution in [3.63, 3.8) is 0 Å². The molecule has 1 rings (SSSR count). The first-order valence-corrected chi connectivity index (χ1v) is 7.94. The van der Waals surface area contributed by atoms with Gasteiger partial charge in [0.15, 0.2) is 0 Å². The van der Waals surface area contributed by atoms with Gasteiger partial charge >= 0.3 is 0 Å². The highest BCUT2D eigenvalue weighted by Gasteiger charge is 2.32. The van der Waals surface area contributed by atoms with Crippen molar-refractivity contribution < 1.29 is 9.84 Å². The molecule has 0 radical (unpaired) electrons. The zero-order valence-corrected chi connectivity index (χ0v) is 13.8. The lowest BCUT2D eigenvalue weighted by atomic mass is 9.81. The maximum Gasteiger partial charge on any atom is 0.0817 e. The Morgan fingerprint density at radius 2 is 1.89 bits per heavy atom. The van der Waals surface area contributed by atoms with Crippen LogP contribution < -0.4 is 0 Å². The van der Waals surface area contributed by atoms with Gasteiger partial charge in [0.1, 0.15) is 0 Å². The van der Waals surface area contributed by atoms with Gasteiger partial charge in [-0.15, -0.1) is 0 Å². The van der Waals surface area contributed by atoms with E-state index in [2.05, 4.69) is 48.6 Å². The fraction of sp³-hybridized carbons (Fsp3) is 1.00. The molecule has 3 nitrogen and oxygen atoms in total. The molecule has 1 fully saturated rings. The first-order valence-electron chi connectivity index (χ1n) is 6.81. The van der Waals surface area contributed by atoms with Gasteiger partial charge in [0.2, 0.25) is 0 Å². The van der Waals surface area contributed by atoms with Crippen LogP contribution >= 0.6 is 15.9 Å². The number of nitrogens with zero attached hydrogens (tertiary/aromatic N) is 1. The van der Waals surface area contributed by atoms with Crippen molar-refractivity contribution in [2.45, 2.75) is 39.2 Å². The molecule has 1 aliphatic heterocycles. The summed E-state index contributed by atoms with van der Waals surface area (Å²) in [6, 6.07) is 0. The van der Waals surface area contributed by atoms with E-state index in [4.69, 9.17) is 4.74 Å². The van der Waals surface area contributed by atoms with Gasteiger partial charge in [-0.05, 0) is 18.4 Å². The molecule has 1 N–H and O–H groups in total. The van der Waals surface area contributed by atoms with Crippen molar-refractivity contribution in [3.8, 4) is 0 Å². The quantitative estimate of drug-likeness (QED) is 0.790. The summed E-state index contributed by atoms with van der Waals surface area (Å²) in [5.74, 6) is 0.589. The summed E-state index contributed by atoms with van der Waals surface area (Å²) in [5, 5.41) is 11.5. The second kappa shape index (κ2) is 6.69. The third kappa shape index (κ3) is 5.16. The number of ether oxygens (including phenoxy) is 1. The first-order chi connectivity index (χ1) is 8.27. The van der Waals surface area contributed by atoms with Crippen molar-refractivity contribution in [2.24, 2.45) is 11.3 Å². The topological polar surface area (TPSA) is 32.7 Å². The highest BCUT2D eigenvalue weighted by Crippen LogP contribution is 2.29. The van der Waals surface area contributed by atoms with Crippen LogP contribution in [0.25, 0.3) is 0 Å². The number of hydrogen-bond donors (Lipinski definition) is 1. The van der Waals surface area contributed by atoms with Gasteiger partial charge in [0, 0.05) is 44.5 Å². The third-order valence-corrected chi connectivity index (χ3v) is 4.71. The summed E-state index contributed by atoms with van der Waals surface area (Å²) in [6.07, 6.45) is 1.51. The molecule has 18 heavy (non-hydrogen) atoms. The molecule has 0 saturated carbocycles. The molecular weight excluding hydrogens is 294 g/mol. The van der Waals surface area contributed by atoms with E-state index in [1.807, 2.05) is 0 Å². The van der Waals surface area contributed by atoms with Gasteiger partial charge in [-0.1, -0.05) is 36.7 Å². The van der Waals surface area contributed by atoms with Crippen LogP contribution in [0, 0.1) is 11.3 Å². The summed E-state index contributed by atoms with van der Waals surface area (Å²) >= 11 is 3.61. The van der Waals surface area contributed by atoms with Crippen LogP contribution in [-0.4, -0.2) is 54.3 Å². The lowest BCUT2D eigenvalue weighted by Gasteiger charge is -2.38. The molecule has 0 aliphatic carbocycles. The second-order valence-electron chi connectivity index (χ2n) is 6.75. The lowest BCUT2D eigenvalue weighted by Crippen LogP contribution is -2.47. The molecule has 0 spiro atoms. The molecule has 4 heteroatoms. The van der Waals surface area contributed by atoms with E-state index in [9.17, 15) is 5.11 Å². The van der Waals surface area contributed by atoms with Crippen LogP contribution in [0.15, 0.2) is 0 Å². The van der Waals surface area contributed by atoms with Crippen LogP contribution in [0.1, 0.15) is 33.6 Å². The largest absolute Gasteiger partial charge is 0.388 e. The molecule has 1 unspecified atom stereocenters. The number of rotatable bonds is 5. The van der Waals surface area contributed by atoms with Crippen LogP contribution in [0.4, 0.5) is 0 Å². The van der Waals surface area contributed by atoms with Crippen molar-refractivity contribution in [1.29, 1.82) is 0 Å². The number of hydrogen-bond acceptors (Lipinski definition) is 3. The van der Waals surface area contributed by atoms with Crippen LogP contribution in [0.3, 0.4) is 0 Å². The monoisotopic (exact) mass is 321 g/mol. The normalized spacial score (nSPS) is 22.2. The zero-order chi connectivity index (χ0) is 13.8. The number of alkyl halides is 1. The predicted molar refractivity (Wildman–Crippen MR) is 79.2 cm³/mol. The molecule has 0 aromatic rings. The fourth-order valence-corrected chi connectivity index (χ4v) is 3.58. The Balaban J connectivity index is 2.47. The molecular formula is C14H28BrNO2. The average Bonchev–Trinajstić information content (AvgIpc) is 2.24. The molecule has 0 bridgehead atoms. The minimum absolute atomic E-state index is 0.288. The van der Waals surface area contributed by atoms with Gasteiger partial charge in [0.05, 0.1) is 5.60 Å². The molecule has 1 atom stereocenters. The lowest BCUT2D eigenvalue weighted by molar-refractivity contribution is -0.0790. The Morgan fingerprint density at radius 1 is 1.33 bits per heavy atom. The molecule has 0 aromatic heterocycles. The molecule has 0 amide bonds. The summed E-state index contributed by atoms with van der Waals surface area (Å²) in [7, 11) is 2.11. The Bertz CT molecular complexity index is 247. The van der Waals surface area contributed by atoms with Gasteiger partial charge in [-0.25, -0.2) is 0 Å². The van der Waals surface area contributed by atoms with Crippen molar-refractivity contribution >= 4 is 15.9 Å². The van der Waals surface area contributed by atoms with E-state index < -0.39 is 5.60 Å². The Hall–Kier alpha value is 0.360. The van der Waals surface area contributed by atoms with Gasteiger partial charge in [-0.2, -0.15) is 0 Å². The minimum atomic E-state index is -0.554. The van der Waals surface area contributed by atoms with Gasteiger partial charge in [0.25, 0.3) is 0 Å². The molecule has 1 heterocycles. The molecule has 1 saturated heterocycles. The summed E-state index contributed by atoms with van der Waals surface area (Å²) in [5.41, 5.74) is -0.266. The van der Waals surface area contributed by atoms with Crippen molar-refractivity contribution in [3.05, 3.63) is 0 Å². The van der Waals surface area contributed by atoms with Crippen LogP contribution in [0.2, 0.25) is 0 Å². The van der Waals surface area contributed by atoms with E-state index in [0.29, 0.717) is 19.1 Å². The molecule has 108 valence electrons. The van der Waals surface area contributed by atoms with Crippen LogP contribution in [0.5, 0.6) is 0 Å². The number of likely N-dealkylation sites (N-methyl/N-ethyl adjacent to an activating group) is 1. The summed E-state index contributed by atoms with van der Waals surface area (Å²) < 4.78 is 5.32. The second-order valence-corrected chi connectivity index (χ2v) is 7.40. The minimum Gasteiger partial charge on any atom is -0.388 e. The zero-order valence-electron chi connectivity index (χ0n) is 12.2. The van der Waals surface area contributed by atoms with Crippen molar-refractivity contribution in [2.75, 3.05) is 38.7 Å². The SMILES string of the molecule is CN(CC(CBr)C(C)(C)C)CC1(O)CCOCC1. The van der Waals surface area contributed by atoms with E-state index in [-0.39, 0.29) is 5.41 Å². The molecule has 0 aromatic carbocycles. The third-order valence-electron chi connectivity index (χ3n) is 3.93. The van der Waals surface area contributed by atoms with Crippen molar-refractivity contribution in [1.82, 2.24) is 4.90 Å². The Morgan fingerprint density at radius 3 is 2.33 bits per heavy atom.